The number of hydrogen-bond donors (Lipinski definition) is 2. The summed E-state index contributed by atoms with van der Waals surface area (Å²) in [6.45, 7) is 3.18. The lowest BCUT2D eigenvalue weighted by Gasteiger charge is -2.34. The Bertz CT molecular complexity index is 542. The van der Waals surface area contributed by atoms with Crippen LogP contribution in [0.4, 0.5) is 4.39 Å². The third kappa shape index (κ3) is 3.78. The minimum absolute atomic E-state index is 0.0473. The highest BCUT2D eigenvalue weighted by Crippen LogP contribution is 2.18. The Labute approximate surface area is 123 Å². The summed E-state index contributed by atoms with van der Waals surface area (Å²) in [7, 11) is 0. The zero-order valence-electron chi connectivity index (χ0n) is 12.1. The molecule has 0 bridgehead atoms. The number of aryl methyl sites for hydroxylation is 1. The first-order valence-corrected chi connectivity index (χ1v) is 7.05. The van der Waals surface area contributed by atoms with E-state index in [9.17, 15) is 14.0 Å². The molecule has 21 heavy (non-hydrogen) atoms. The molecule has 1 aromatic carbocycles. The van der Waals surface area contributed by atoms with Crippen LogP contribution in [-0.4, -0.2) is 42.4 Å². The zero-order valence-corrected chi connectivity index (χ0v) is 12.1. The van der Waals surface area contributed by atoms with E-state index in [1.165, 1.54) is 17.0 Å². The molecule has 5 nitrogen and oxygen atoms in total. The fourth-order valence-electron chi connectivity index (χ4n) is 2.63. The summed E-state index contributed by atoms with van der Waals surface area (Å²) < 4.78 is 13.4. The van der Waals surface area contributed by atoms with E-state index >= 15 is 0 Å². The molecule has 114 valence electrons. The van der Waals surface area contributed by atoms with Crippen LogP contribution in [0.25, 0.3) is 0 Å². The number of nitrogens with zero attached hydrogens (tertiary/aromatic N) is 1. The van der Waals surface area contributed by atoms with E-state index in [0.29, 0.717) is 5.56 Å². The van der Waals surface area contributed by atoms with Crippen molar-refractivity contribution in [2.24, 2.45) is 5.73 Å². The molecule has 2 rings (SSSR count). The molecule has 0 radical (unpaired) electrons. The number of nitrogens with one attached hydrogen (secondary N) is 1. The van der Waals surface area contributed by atoms with Crippen molar-refractivity contribution in [2.45, 2.75) is 25.8 Å². The van der Waals surface area contributed by atoms with Gasteiger partial charge in [-0.15, -0.1) is 0 Å². The van der Waals surface area contributed by atoms with Crippen molar-refractivity contribution in [1.29, 1.82) is 0 Å². The van der Waals surface area contributed by atoms with Crippen molar-refractivity contribution >= 4 is 11.8 Å². The average Bonchev–Trinajstić information content (AvgIpc) is 2.47. The van der Waals surface area contributed by atoms with Gasteiger partial charge >= 0.3 is 0 Å². The maximum absolute atomic E-state index is 13.4. The summed E-state index contributed by atoms with van der Waals surface area (Å²) in [5, 5.41) is 3.21. The van der Waals surface area contributed by atoms with Gasteiger partial charge in [-0.1, -0.05) is 6.07 Å². The second kappa shape index (κ2) is 6.67. The number of nitrogens with two attached hydrogens (primary N) is 1. The molecule has 1 heterocycles. The maximum Gasteiger partial charge on any atom is 0.254 e. The van der Waals surface area contributed by atoms with Gasteiger partial charge in [-0.25, -0.2) is 4.39 Å². The molecule has 0 spiro atoms. The number of amides is 2. The van der Waals surface area contributed by atoms with Crippen LogP contribution in [0.1, 0.15) is 28.8 Å². The smallest absolute Gasteiger partial charge is 0.254 e. The Morgan fingerprint density at radius 3 is 2.67 bits per heavy atom. The Kier molecular flexibility index (Phi) is 4.90. The van der Waals surface area contributed by atoms with Crippen molar-refractivity contribution in [3.05, 3.63) is 35.1 Å². The van der Waals surface area contributed by atoms with Crippen LogP contribution < -0.4 is 11.1 Å². The van der Waals surface area contributed by atoms with Crippen LogP contribution in [0.3, 0.4) is 0 Å². The van der Waals surface area contributed by atoms with Crippen molar-refractivity contribution in [3.8, 4) is 0 Å². The minimum atomic E-state index is -0.559. The monoisotopic (exact) mass is 293 g/mol. The molecular formula is C15H20FN3O2. The van der Waals surface area contributed by atoms with Gasteiger partial charge in [-0.3, -0.25) is 9.59 Å². The van der Waals surface area contributed by atoms with E-state index in [0.717, 1.165) is 25.9 Å². The second-order valence-electron chi connectivity index (χ2n) is 5.34. The zero-order chi connectivity index (χ0) is 15.4. The molecule has 3 N–H and O–H groups in total. The second-order valence-corrected chi connectivity index (χ2v) is 5.34. The van der Waals surface area contributed by atoms with Gasteiger partial charge in [-0.05, 0) is 50.6 Å². The summed E-state index contributed by atoms with van der Waals surface area (Å²) in [6, 6.07) is 4.05. The molecule has 1 saturated heterocycles. The number of hydrogen-bond acceptors (Lipinski definition) is 3. The molecule has 1 aromatic rings. The van der Waals surface area contributed by atoms with Gasteiger partial charge in [0.1, 0.15) is 5.82 Å². The normalized spacial score (nSPS) is 15.7. The van der Waals surface area contributed by atoms with Crippen molar-refractivity contribution in [1.82, 2.24) is 10.2 Å². The SMILES string of the molecule is Cc1ccc(F)cc1C(=O)N(CC(N)=O)C1CCNCC1. The lowest BCUT2D eigenvalue weighted by molar-refractivity contribution is -0.119. The van der Waals surface area contributed by atoms with Gasteiger partial charge in [0, 0.05) is 11.6 Å². The number of primary amides is 1. The quantitative estimate of drug-likeness (QED) is 0.863. The van der Waals surface area contributed by atoms with Gasteiger partial charge in [0.2, 0.25) is 5.91 Å². The summed E-state index contributed by atoms with van der Waals surface area (Å²) in [5.41, 5.74) is 6.23. The van der Waals surface area contributed by atoms with Gasteiger partial charge in [0.05, 0.1) is 6.54 Å². The number of halogens is 1. The molecular weight excluding hydrogens is 273 g/mol. The Morgan fingerprint density at radius 2 is 2.05 bits per heavy atom. The lowest BCUT2D eigenvalue weighted by Crippen LogP contribution is -2.49. The topological polar surface area (TPSA) is 75.4 Å². The van der Waals surface area contributed by atoms with E-state index in [1.54, 1.807) is 13.0 Å². The van der Waals surface area contributed by atoms with Crippen LogP contribution >= 0.6 is 0 Å². The number of piperidine rings is 1. The summed E-state index contributed by atoms with van der Waals surface area (Å²) in [4.78, 5) is 25.4. The number of carbonyl (C=O) groups excluding carboxylic acids is 2. The third-order valence-corrected chi connectivity index (χ3v) is 3.77. The molecule has 6 heteroatoms. The first-order valence-electron chi connectivity index (χ1n) is 7.05. The largest absolute Gasteiger partial charge is 0.368 e. The fraction of sp³-hybridized carbons (Fsp3) is 0.467. The fourth-order valence-corrected chi connectivity index (χ4v) is 2.63. The highest BCUT2D eigenvalue weighted by molar-refractivity contribution is 5.97. The summed E-state index contributed by atoms with van der Waals surface area (Å²) in [5.74, 6) is -1.36. The standard InChI is InChI=1S/C15H20FN3O2/c1-10-2-3-11(16)8-13(10)15(21)19(9-14(17)20)12-4-6-18-7-5-12/h2-3,8,12,18H,4-7,9H2,1H3,(H2,17,20). The van der Waals surface area contributed by atoms with Gasteiger partial charge in [-0.2, -0.15) is 0 Å². The first kappa shape index (κ1) is 15.4. The van der Waals surface area contributed by atoms with Crippen molar-refractivity contribution < 1.29 is 14.0 Å². The van der Waals surface area contributed by atoms with E-state index in [1.807, 2.05) is 0 Å². The average molecular weight is 293 g/mol. The number of carbonyl (C=O) groups is 2. The number of benzene rings is 1. The van der Waals surface area contributed by atoms with Gasteiger partial charge < -0.3 is 16.0 Å². The van der Waals surface area contributed by atoms with E-state index < -0.39 is 11.7 Å². The molecule has 0 aromatic heterocycles. The molecule has 0 aliphatic carbocycles. The Morgan fingerprint density at radius 1 is 1.38 bits per heavy atom. The highest BCUT2D eigenvalue weighted by atomic mass is 19.1. The van der Waals surface area contributed by atoms with Crippen LogP contribution in [-0.2, 0) is 4.79 Å². The molecule has 0 unspecified atom stereocenters. The van der Waals surface area contributed by atoms with Gasteiger partial charge in [0.25, 0.3) is 5.91 Å². The van der Waals surface area contributed by atoms with E-state index in [-0.39, 0.29) is 24.1 Å². The highest BCUT2D eigenvalue weighted by Gasteiger charge is 2.28. The number of rotatable bonds is 4. The van der Waals surface area contributed by atoms with Gasteiger partial charge in [0.15, 0.2) is 0 Å². The Hall–Kier alpha value is -1.95. The maximum atomic E-state index is 13.4. The van der Waals surface area contributed by atoms with E-state index in [2.05, 4.69) is 5.32 Å². The lowest BCUT2D eigenvalue weighted by atomic mass is 10.0. The van der Waals surface area contributed by atoms with Crippen LogP contribution in [0.15, 0.2) is 18.2 Å². The summed E-state index contributed by atoms with van der Waals surface area (Å²) in [6.07, 6.45) is 1.51. The molecule has 1 aliphatic heterocycles. The Balaban J connectivity index is 2.28. The summed E-state index contributed by atoms with van der Waals surface area (Å²) >= 11 is 0. The predicted octanol–water partition coefficient (Wildman–Crippen LogP) is 0.814. The van der Waals surface area contributed by atoms with Crippen molar-refractivity contribution in [3.63, 3.8) is 0 Å². The molecule has 0 atom stereocenters. The molecule has 2 amide bonds. The third-order valence-electron chi connectivity index (χ3n) is 3.77. The minimum Gasteiger partial charge on any atom is -0.368 e. The first-order chi connectivity index (χ1) is 9.99. The predicted molar refractivity (Wildman–Crippen MR) is 77.3 cm³/mol. The van der Waals surface area contributed by atoms with Crippen LogP contribution in [0.2, 0.25) is 0 Å². The van der Waals surface area contributed by atoms with Crippen molar-refractivity contribution in [2.75, 3.05) is 19.6 Å². The molecule has 0 saturated carbocycles. The molecule has 1 aliphatic rings. The van der Waals surface area contributed by atoms with Crippen LogP contribution in [0.5, 0.6) is 0 Å². The molecule has 1 fully saturated rings. The van der Waals surface area contributed by atoms with Crippen LogP contribution in [0, 0.1) is 12.7 Å². The van der Waals surface area contributed by atoms with E-state index in [4.69, 9.17) is 5.73 Å².